The molecule has 0 aromatic carbocycles. The van der Waals surface area contributed by atoms with Crippen LogP contribution in [0.3, 0.4) is 0 Å². The number of carbonyl (C=O) groups excluding carboxylic acids is 2. The fourth-order valence-corrected chi connectivity index (χ4v) is 3.46. The highest BCUT2D eigenvalue weighted by atomic mass is 16.5. The van der Waals surface area contributed by atoms with Crippen LogP contribution in [0.1, 0.15) is 92.7 Å². The molecule has 33 heavy (non-hydrogen) atoms. The van der Waals surface area contributed by atoms with Gasteiger partial charge in [-0.1, -0.05) is 6.92 Å². The third kappa shape index (κ3) is 6.91. The first-order valence-electron chi connectivity index (χ1n) is 11.3. The van der Waals surface area contributed by atoms with Crippen LogP contribution in [0.15, 0.2) is 33.9 Å². The average molecular weight is 461 g/mol. The van der Waals surface area contributed by atoms with Crippen molar-refractivity contribution in [1.29, 1.82) is 0 Å². The van der Waals surface area contributed by atoms with Gasteiger partial charge in [-0.05, 0) is 79.2 Å². The van der Waals surface area contributed by atoms with Gasteiger partial charge in [-0.15, -0.1) is 0 Å². The monoisotopic (exact) mass is 460 g/mol. The molecule has 0 aliphatic carbocycles. The summed E-state index contributed by atoms with van der Waals surface area (Å²) in [6, 6.07) is 6.71. The van der Waals surface area contributed by atoms with Crippen molar-refractivity contribution in [1.82, 2.24) is 9.13 Å². The number of aromatic nitrogens is 2. The van der Waals surface area contributed by atoms with Gasteiger partial charge in [0.2, 0.25) is 0 Å². The second-order valence-electron chi connectivity index (χ2n) is 7.96. The predicted octanol–water partition coefficient (Wildman–Crippen LogP) is 4.08. The molecule has 182 valence electrons. The molecule has 0 amide bonds. The molecule has 2 rings (SSSR count). The second kappa shape index (κ2) is 12.8. The summed E-state index contributed by atoms with van der Waals surface area (Å²) in [5.74, 6) is -1.10. The van der Waals surface area contributed by atoms with Crippen molar-refractivity contribution in [2.45, 2.75) is 73.9 Å². The molecule has 8 heteroatoms. The van der Waals surface area contributed by atoms with Gasteiger partial charge in [0.15, 0.2) is 0 Å². The lowest BCUT2D eigenvalue weighted by Gasteiger charge is -2.16. The minimum atomic E-state index is -0.554. The Morgan fingerprint density at radius 2 is 1.18 bits per heavy atom. The van der Waals surface area contributed by atoms with Crippen molar-refractivity contribution in [2.75, 3.05) is 13.2 Å². The number of nitrogens with zero attached hydrogens (tertiary/aromatic N) is 2. The van der Waals surface area contributed by atoms with E-state index >= 15 is 0 Å². The molecule has 0 spiro atoms. The van der Waals surface area contributed by atoms with Crippen molar-refractivity contribution in [3.63, 3.8) is 0 Å². The van der Waals surface area contributed by atoms with Gasteiger partial charge in [-0.25, -0.2) is 9.59 Å². The highest BCUT2D eigenvalue weighted by Gasteiger charge is 2.17. The predicted molar refractivity (Wildman–Crippen MR) is 128 cm³/mol. The van der Waals surface area contributed by atoms with Crippen LogP contribution in [0.2, 0.25) is 0 Å². The number of pyridine rings is 2. The molecule has 0 aliphatic rings. The Kier molecular flexibility index (Phi) is 10.8. The van der Waals surface area contributed by atoms with Gasteiger partial charge < -0.3 is 18.6 Å². The molecule has 0 radical (unpaired) electrons. The van der Waals surface area contributed by atoms with Crippen LogP contribution in [0.4, 0.5) is 0 Å². The smallest absolute Gasteiger partial charge is 0.343 e. The zero-order chi connectivity index (χ0) is 25.3. The molecule has 0 atom stereocenters. The van der Waals surface area contributed by atoms with E-state index < -0.39 is 11.9 Å². The van der Waals surface area contributed by atoms with Crippen molar-refractivity contribution in [3.05, 3.63) is 67.5 Å². The fourth-order valence-electron chi connectivity index (χ4n) is 3.46. The van der Waals surface area contributed by atoms with Crippen molar-refractivity contribution in [3.8, 4) is 0 Å². The van der Waals surface area contributed by atoms with Crippen molar-refractivity contribution in [2.24, 2.45) is 0 Å². The Balaban J connectivity index is 0.000000331. The zero-order valence-corrected chi connectivity index (χ0v) is 20.9. The summed E-state index contributed by atoms with van der Waals surface area (Å²) >= 11 is 0. The molecular formula is C25H36N2O6. The fraction of sp³-hybridized carbons (Fsp3) is 0.520. The average Bonchev–Trinajstić information content (AvgIpc) is 2.73. The van der Waals surface area contributed by atoms with E-state index in [9.17, 15) is 19.2 Å². The number of ether oxygens (including phenoxy) is 2. The van der Waals surface area contributed by atoms with E-state index in [2.05, 4.69) is 0 Å². The SMILES string of the molecule is CCOC(=O)c1ccc(C)n(C(C)C)c1=O.CCOC(=O)c1ccc(CC)n(C(C)C)c1=O. The van der Waals surface area contributed by atoms with Gasteiger partial charge in [0.1, 0.15) is 11.1 Å². The lowest BCUT2D eigenvalue weighted by Crippen LogP contribution is -2.30. The number of esters is 2. The summed E-state index contributed by atoms with van der Waals surface area (Å²) in [5, 5.41) is 0. The summed E-state index contributed by atoms with van der Waals surface area (Å²) in [7, 11) is 0. The minimum absolute atomic E-state index is 0.0295. The van der Waals surface area contributed by atoms with Gasteiger partial charge in [-0.3, -0.25) is 9.59 Å². The summed E-state index contributed by atoms with van der Waals surface area (Å²) in [6.45, 7) is 15.5. The third-order valence-corrected chi connectivity index (χ3v) is 4.91. The van der Waals surface area contributed by atoms with Crippen LogP contribution in [0.25, 0.3) is 0 Å². The maximum Gasteiger partial charge on any atom is 0.343 e. The topological polar surface area (TPSA) is 96.6 Å². The van der Waals surface area contributed by atoms with E-state index in [0.717, 1.165) is 17.8 Å². The molecule has 0 unspecified atom stereocenters. The number of hydrogen-bond acceptors (Lipinski definition) is 6. The van der Waals surface area contributed by atoms with Crippen LogP contribution in [-0.2, 0) is 15.9 Å². The van der Waals surface area contributed by atoms with E-state index in [1.54, 1.807) is 35.1 Å². The van der Waals surface area contributed by atoms with Crippen LogP contribution in [-0.4, -0.2) is 34.3 Å². The van der Waals surface area contributed by atoms with Crippen LogP contribution in [0.5, 0.6) is 0 Å². The van der Waals surface area contributed by atoms with Crippen molar-refractivity contribution >= 4 is 11.9 Å². The number of carbonyl (C=O) groups is 2. The molecule has 0 saturated carbocycles. The van der Waals surface area contributed by atoms with Gasteiger partial charge in [0.05, 0.1) is 13.2 Å². The van der Waals surface area contributed by atoms with Crippen LogP contribution >= 0.6 is 0 Å². The molecule has 0 saturated heterocycles. The molecule has 8 nitrogen and oxygen atoms in total. The highest BCUT2D eigenvalue weighted by molar-refractivity contribution is 5.89. The minimum Gasteiger partial charge on any atom is -0.462 e. The van der Waals surface area contributed by atoms with E-state index in [-0.39, 0.29) is 47.5 Å². The summed E-state index contributed by atoms with van der Waals surface area (Å²) in [4.78, 5) is 47.3. The molecule has 0 bridgehead atoms. The number of aryl methyl sites for hydroxylation is 2. The molecule has 2 aromatic rings. The number of hydrogen-bond donors (Lipinski definition) is 0. The van der Waals surface area contributed by atoms with Crippen LogP contribution in [0, 0.1) is 6.92 Å². The Morgan fingerprint density at radius 3 is 1.58 bits per heavy atom. The Hall–Kier alpha value is -3.16. The third-order valence-electron chi connectivity index (χ3n) is 4.91. The molecule has 2 aromatic heterocycles. The molecule has 2 heterocycles. The number of rotatable bonds is 7. The lowest BCUT2D eigenvalue weighted by atomic mass is 10.2. The Morgan fingerprint density at radius 1 is 0.758 bits per heavy atom. The first kappa shape index (κ1) is 27.9. The molecule has 0 N–H and O–H groups in total. The first-order valence-corrected chi connectivity index (χ1v) is 11.3. The normalized spacial score (nSPS) is 10.6. The molecular weight excluding hydrogens is 424 g/mol. The zero-order valence-electron chi connectivity index (χ0n) is 20.9. The maximum atomic E-state index is 12.2. The summed E-state index contributed by atoms with van der Waals surface area (Å²) < 4.78 is 12.9. The standard InChI is InChI=1S/C13H19NO3.C12H17NO3/c1-5-10-7-8-11(13(16)17-6-2)12(15)14(10)9(3)4;1-5-16-12(15)10-7-6-9(4)13(8(2)3)11(10)14/h7-9H,5-6H2,1-4H3;6-8H,5H2,1-4H3. The molecule has 0 fully saturated rings. The van der Waals surface area contributed by atoms with E-state index in [4.69, 9.17) is 9.47 Å². The van der Waals surface area contributed by atoms with E-state index in [1.807, 2.05) is 47.6 Å². The Labute approximate surface area is 195 Å². The lowest BCUT2D eigenvalue weighted by molar-refractivity contribution is 0.0513. The summed E-state index contributed by atoms with van der Waals surface area (Å²) in [6.07, 6.45) is 0.760. The Bertz CT molecular complexity index is 1080. The van der Waals surface area contributed by atoms with E-state index in [1.165, 1.54) is 6.07 Å². The highest BCUT2D eigenvalue weighted by Crippen LogP contribution is 2.09. The first-order chi connectivity index (χ1) is 15.5. The second-order valence-corrected chi connectivity index (χ2v) is 7.96. The van der Waals surface area contributed by atoms with Crippen LogP contribution < -0.4 is 11.1 Å². The maximum absolute atomic E-state index is 12.2. The van der Waals surface area contributed by atoms with Crippen molar-refractivity contribution < 1.29 is 19.1 Å². The largest absolute Gasteiger partial charge is 0.462 e. The van der Waals surface area contributed by atoms with Gasteiger partial charge in [0.25, 0.3) is 11.1 Å². The van der Waals surface area contributed by atoms with Gasteiger partial charge in [0, 0.05) is 23.5 Å². The molecule has 0 aliphatic heterocycles. The van der Waals surface area contributed by atoms with Gasteiger partial charge >= 0.3 is 11.9 Å². The van der Waals surface area contributed by atoms with Gasteiger partial charge in [-0.2, -0.15) is 0 Å². The summed E-state index contributed by atoms with van der Waals surface area (Å²) in [5.41, 5.74) is 1.43. The van der Waals surface area contributed by atoms with E-state index in [0.29, 0.717) is 0 Å². The quantitative estimate of drug-likeness (QED) is 0.578.